The smallest absolute Gasteiger partial charge is 0.300 e. The third-order valence-corrected chi connectivity index (χ3v) is 21.3. The van der Waals surface area contributed by atoms with E-state index in [0.29, 0.717) is 29.1 Å². The van der Waals surface area contributed by atoms with Crippen LogP contribution in [0.3, 0.4) is 0 Å². The van der Waals surface area contributed by atoms with Gasteiger partial charge in [0.25, 0.3) is 17.8 Å². The number of nitrogens with zero attached hydrogens (tertiary/aromatic N) is 2. The summed E-state index contributed by atoms with van der Waals surface area (Å²) in [6.07, 6.45) is 21.1. The van der Waals surface area contributed by atoms with Crippen LogP contribution in [-0.2, 0) is 56.0 Å². The predicted molar refractivity (Wildman–Crippen MR) is 397 cm³/mol. The van der Waals surface area contributed by atoms with Crippen LogP contribution in [0.1, 0.15) is 183 Å². The Bertz CT molecular complexity index is 4430. The Balaban J connectivity index is 0.000000128. The van der Waals surface area contributed by atoms with E-state index in [1.165, 1.54) is 126 Å². The molecular formula is C74H80Br2Cl2N8O10S2. The molecule has 98 heavy (non-hydrogen) atoms. The average Bonchev–Trinajstić information content (AvgIpc) is 1.62. The molecule has 7 aromatic heterocycles. The molecule has 1 amide bonds. The van der Waals surface area contributed by atoms with Gasteiger partial charge in [-0.1, -0.05) is 55.1 Å². The van der Waals surface area contributed by atoms with Crippen molar-refractivity contribution >= 4 is 152 Å². The van der Waals surface area contributed by atoms with Crippen LogP contribution in [0.4, 0.5) is 0 Å². The van der Waals surface area contributed by atoms with Gasteiger partial charge in [-0.05, 0) is 213 Å². The highest BCUT2D eigenvalue weighted by molar-refractivity contribution is 9.10. The van der Waals surface area contributed by atoms with Gasteiger partial charge in [0.1, 0.15) is 0 Å². The fourth-order valence-electron chi connectivity index (χ4n) is 13.7. The summed E-state index contributed by atoms with van der Waals surface area (Å²) >= 11 is 22.1. The van der Waals surface area contributed by atoms with Crippen LogP contribution in [0.25, 0.3) is 43.6 Å². The number of nitrogens with two attached hydrogens (primary N) is 2. The number of benzene rings is 4. The summed E-state index contributed by atoms with van der Waals surface area (Å²) in [5, 5.41) is 25.3. The van der Waals surface area contributed by atoms with E-state index in [1.807, 2.05) is 29.6 Å². The molecule has 6 unspecified atom stereocenters. The van der Waals surface area contributed by atoms with E-state index in [-0.39, 0.29) is 36.6 Å². The molecule has 1 saturated heterocycles. The fourth-order valence-corrected chi connectivity index (χ4v) is 16.3. The number of thiophene rings is 2. The van der Waals surface area contributed by atoms with E-state index >= 15 is 0 Å². The average molecular weight is 1540 g/mol. The Morgan fingerprint density at radius 1 is 0.582 bits per heavy atom. The Hall–Kier alpha value is -7.19. The van der Waals surface area contributed by atoms with Crippen molar-refractivity contribution < 1.29 is 48.4 Å². The second-order valence-electron chi connectivity index (χ2n) is 24.5. The number of carboxylic acid groups (broad SMARTS) is 2. The molecule has 18 nitrogen and oxygen atoms in total. The second-order valence-corrected chi connectivity index (χ2v) is 29.1. The summed E-state index contributed by atoms with van der Waals surface area (Å²) in [4.78, 5) is 68.5. The summed E-state index contributed by atoms with van der Waals surface area (Å²) in [6, 6.07) is 33.7. The molecule has 4 aliphatic carbocycles. The lowest BCUT2D eigenvalue weighted by Gasteiger charge is -2.31. The van der Waals surface area contributed by atoms with Crippen LogP contribution in [-0.4, -0.2) is 96.8 Å². The number of carbonyl (C=O) groups excluding carboxylic acids is 3. The molecule has 0 saturated carbocycles. The van der Waals surface area contributed by atoms with Crippen LogP contribution in [0.5, 0.6) is 0 Å². The SMILES string of the molecule is CC(=O)O.CC(=O)O.COC1CCC(OC)O1.Clc1ccc2[nH]c3c(c2c1)CCCC3n1cccc1.NC1CCCc2c1[nH]c1ccc(Br)cc21.NC1CCCc2c1[nH]c1ccc(Cl)cc21.O=C1c2sccc2CN1C1CCCc2c1[nH]c1ccc(Br)cc21.O=Cc1ccsc1C=O. The molecule has 1 fully saturated rings. The van der Waals surface area contributed by atoms with Crippen LogP contribution < -0.4 is 11.5 Å². The first-order chi connectivity index (χ1) is 47.3. The third kappa shape index (κ3) is 17.7. The van der Waals surface area contributed by atoms with Gasteiger partial charge in [-0.25, -0.2) is 0 Å². The van der Waals surface area contributed by atoms with Gasteiger partial charge in [0.05, 0.1) is 21.8 Å². The van der Waals surface area contributed by atoms with Gasteiger partial charge >= 0.3 is 0 Å². The first kappa shape index (κ1) is 73.5. The van der Waals surface area contributed by atoms with E-state index in [1.54, 1.807) is 37.0 Å². The molecule has 516 valence electrons. The largest absolute Gasteiger partial charge is 0.481 e. The number of methoxy groups -OCH3 is 2. The number of aromatic amines is 4. The monoisotopic (exact) mass is 1530 g/mol. The van der Waals surface area contributed by atoms with Crippen LogP contribution in [0, 0.1) is 0 Å². The first-order valence-electron chi connectivity index (χ1n) is 32.6. The molecule has 0 radical (unpaired) electrons. The zero-order chi connectivity index (χ0) is 69.7. The zero-order valence-corrected chi connectivity index (χ0v) is 61.1. The second kappa shape index (κ2) is 34.3. The van der Waals surface area contributed by atoms with Crippen molar-refractivity contribution in [1.29, 1.82) is 0 Å². The minimum absolute atomic E-state index is 0.0463. The number of hydrogen-bond acceptors (Lipinski definition) is 12. The van der Waals surface area contributed by atoms with Gasteiger partial charge in [-0.15, -0.1) is 22.7 Å². The van der Waals surface area contributed by atoms with Gasteiger partial charge in [0.15, 0.2) is 25.2 Å². The molecule has 24 heteroatoms. The Kier molecular flexibility index (Phi) is 25.7. The summed E-state index contributed by atoms with van der Waals surface area (Å²) < 4.78 is 19.6. The van der Waals surface area contributed by atoms with E-state index in [4.69, 9.17) is 68.7 Å². The maximum absolute atomic E-state index is 12.8. The van der Waals surface area contributed by atoms with E-state index in [2.05, 4.69) is 140 Å². The molecule has 4 aromatic carbocycles. The predicted octanol–water partition coefficient (Wildman–Crippen LogP) is 18.3. The number of fused-ring (bicyclic) bond motifs is 13. The van der Waals surface area contributed by atoms with Crippen molar-refractivity contribution in [3.8, 4) is 0 Å². The molecule has 6 aliphatic rings. The van der Waals surface area contributed by atoms with Crippen LogP contribution >= 0.6 is 77.7 Å². The fraction of sp³-hybridized carbons (Fsp3) is 0.338. The number of hydrogen-bond donors (Lipinski definition) is 8. The number of ether oxygens (including phenoxy) is 3. The minimum atomic E-state index is -0.833. The first-order valence-corrected chi connectivity index (χ1v) is 36.7. The number of H-pyrrole nitrogens is 4. The Morgan fingerprint density at radius 3 is 1.44 bits per heavy atom. The summed E-state index contributed by atoms with van der Waals surface area (Å²) in [5.41, 5.74) is 29.3. The number of aryl methyl sites for hydroxylation is 4. The highest BCUT2D eigenvalue weighted by atomic mass is 79.9. The van der Waals surface area contributed by atoms with Crippen molar-refractivity contribution in [2.45, 2.75) is 147 Å². The normalized spacial score (nSPS) is 19.2. The van der Waals surface area contributed by atoms with Crippen LogP contribution in [0.15, 0.2) is 129 Å². The number of amides is 1. The van der Waals surface area contributed by atoms with E-state index in [0.717, 1.165) is 114 Å². The van der Waals surface area contributed by atoms with Crippen molar-refractivity contribution in [3.63, 3.8) is 0 Å². The Morgan fingerprint density at radius 2 is 1.00 bits per heavy atom. The van der Waals surface area contributed by atoms with Crippen molar-refractivity contribution in [2.75, 3.05) is 14.2 Å². The molecule has 17 rings (SSSR count). The number of halogens is 4. The summed E-state index contributed by atoms with van der Waals surface area (Å²) in [6.45, 7) is 2.92. The maximum Gasteiger partial charge on any atom is 0.300 e. The van der Waals surface area contributed by atoms with Gasteiger partial charge < -0.3 is 65.3 Å². The number of aliphatic carboxylic acids is 2. The van der Waals surface area contributed by atoms with E-state index in [9.17, 15) is 14.4 Å². The number of aromatic nitrogens is 5. The quantitative estimate of drug-likeness (QED) is 0.0722. The number of rotatable bonds is 6. The molecule has 2 aliphatic heterocycles. The highest BCUT2D eigenvalue weighted by Crippen LogP contribution is 2.44. The summed E-state index contributed by atoms with van der Waals surface area (Å²) in [7, 11) is 3.28. The van der Waals surface area contributed by atoms with Crippen LogP contribution in [0.2, 0.25) is 10.0 Å². The lowest BCUT2D eigenvalue weighted by Crippen LogP contribution is -2.31. The lowest BCUT2D eigenvalue weighted by atomic mass is 9.91. The number of carbonyl (C=O) groups is 5. The van der Waals surface area contributed by atoms with Gasteiger partial charge in [-0.2, -0.15) is 0 Å². The van der Waals surface area contributed by atoms with Gasteiger partial charge in [0.2, 0.25) is 0 Å². The maximum atomic E-state index is 12.8. The number of aldehydes is 2. The number of carboxylic acids is 2. The van der Waals surface area contributed by atoms with Crippen molar-refractivity contribution in [1.82, 2.24) is 29.4 Å². The molecule has 0 spiro atoms. The molecule has 0 bridgehead atoms. The molecule has 11 aromatic rings. The minimum Gasteiger partial charge on any atom is -0.481 e. The van der Waals surface area contributed by atoms with Gasteiger partial charge in [0, 0.05) is 163 Å². The topological polar surface area (TPSA) is 277 Å². The van der Waals surface area contributed by atoms with E-state index < -0.39 is 11.9 Å². The van der Waals surface area contributed by atoms with Gasteiger partial charge in [-0.3, -0.25) is 24.0 Å². The summed E-state index contributed by atoms with van der Waals surface area (Å²) in [5.74, 6) is -1.47. The highest BCUT2D eigenvalue weighted by Gasteiger charge is 2.38. The molecule has 10 N–H and O–H groups in total. The third-order valence-electron chi connectivity index (χ3n) is 18.0. The lowest BCUT2D eigenvalue weighted by molar-refractivity contribution is -0.185. The number of nitrogens with one attached hydrogen (secondary N) is 4. The molecule has 9 heterocycles. The van der Waals surface area contributed by atoms with Crippen molar-refractivity contribution in [2.24, 2.45) is 11.5 Å². The molecule has 6 atom stereocenters. The molecular weight excluding hydrogens is 1460 g/mol. The van der Waals surface area contributed by atoms with Crippen molar-refractivity contribution in [3.05, 3.63) is 205 Å². The standard InChI is InChI=1S/C18H15BrN2OS.C16H15ClN2.C12H13BrN2.C12H13ClN2.C6H12O3.C6H4O2S.2C2H4O2/c19-11-4-5-14-13(8-11)12-2-1-3-15(16(12)20-14)21-9-10-6-7-23-17(10)18(21)22;17-11-6-7-14-13(10-11)12-4-3-5-15(16(12)18-14)19-8-1-2-9-19;2*13-7-4-5-11-9(6-7)8-2-1-3-10(14)12(8)15-11;1-7-5-3-4-6(8-2)9-5;7-3-5-1-2-9-6(5)4-8;2*1-2(3)4/h4-8,15,20H,1-3,9H2;1-2,6-10,15,18H,3-5H2;2*4-6,10,15H,1-3,14H2;5-6H,3-4H2,1-2H3;1-4H;2*1H3,(H,3,4). The zero-order valence-electron chi connectivity index (χ0n) is 54.8. The Labute approximate surface area is 603 Å².